The predicted molar refractivity (Wildman–Crippen MR) is 69.8 cm³/mol. The molecule has 0 saturated carbocycles. The molecule has 88 valence electrons. The molecular formula is C13H21N3. The molecule has 1 saturated heterocycles. The van der Waals surface area contributed by atoms with Crippen molar-refractivity contribution < 1.29 is 0 Å². The van der Waals surface area contributed by atoms with Crippen LogP contribution in [0, 0.1) is 0 Å². The highest BCUT2D eigenvalue weighted by Gasteiger charge is 2.24. The molecule has 16 heavy (non-hydrogen) atoms. The number of likely N-dealkylation sites (N-methyl/N-ethyl adjacent to an activating group) is 2. The highest BCUT2D eigenvalue weighted by Crippen LogP contribution is 2.22. The van der Waals surface area contributed by atoms with E-state index in [1.54, 1.807) is 0 Å². The average Bonchev–Trinajstić information content (AvgIpc) is 2.77. The summed E-state index contributed by atoms with van der Waals surface area (Å²) in [4.78, 5) is 4.87. The normalized spacial score (nSPS) is 21.2. The lowest BCUT2D eigenvalue weighted by molar-refractivity contribution is 0.352. The summed E-state index contributed by atoms with van der Waals surface area (Å²) in [6, 6.07) is 8.79. The molecule has 1 aliphatic heterocycles. The standard InChI is InChI=1S/C13H21N3/c1-3-16-9-8-13(10-16)15(2)12-6-4-11(14)5-7-12/h4-7,13H,3,8-10,14H2,1-2H3/t13-/m0/s1. The van der Waals surface area contributed by atoms with Gasteiger partial charge in [-0.05, 0) is 37.2 Å². The Balaban J connectivity index is 2.02. The average molecular weight is 219 g/mol. The molecule has 1 atom stereocenters. The Morgan fingerprint density at radius 2 is 2.06 bits per heavy atom. The molecule has 1 aromatic carbocycles. The van der Waals surface area contributed by atoms with E-state index in [4.69, 9.17) is 5.73 Å². The van der Waals surface area contributed by atoms with Gasteiger partial charge in [0.25, 0.3) is 0 Å². The van der Waals surface area contributed by atoms with Crippen LogP contribution in [0.4, 0.5) is 11.4 Å². The van der Waals surface area contributed by atoms with Crippen LogP contribution >= 0.6 is 0 Å². The van der Waals surface area contributed by atoms with E-state index < -0.39 is 0 Å². The van der Waals surface area contributed by atoms with Gasteiger partial charge in [0, 0.05) is 37.6 Å². The fourth-order valence-electron chi connectivity index (χ4n) is 2.34. The first-order valence-corrected chi connectivity index (χ1v) is 6.01. The van der Waals surface area contributed by atoms with Gasteiger partial charge in [0.15, 0.2) is 0 Å². The van der Waals surface area contributed by atoms with Crippen molar-refractivity contribution >= 4 is 11.4 Å². The van der Waals surface area contributed by atoms with E-state index in [-0.39, 0.29) is 0 Å². The minimum Gasteiger partial charge on any atom is -0.399 e. The third kappa shape index (κ3) is 2.30. The van der Waals surface area contributed by atoms with Gasteiger partial charge in [-0.15, -0.1) is 0 Å². The van der Waals surface area contributed by atoms with Gasteiger partial charge in [0.1, 0.15) is 0 Å². The van der Waals surface area contributed by atoms with Crippen LogP contribution in [0.3, 0.4) is 0 Å². The Hall–Kier alpha value is -1.22. The monoisotopic (exact) mass is 219 g/mol. The van der Waals surface area contributed by atoms with Gasteiger partial charge >= 0.3 is 0 Å². The number of benzene rings is 1. The molecule has 2 rings (SSSR count). The van der Waals surface area contributed by atoms with Crippen LogP contribution < -0.4 is 10.6 Å². The van der Waals surface area contributed by atoms with Crippen LogP contribution in [-0.4, -0.2) is 37.6 Å². The molecule has 0 aromatic heterocycles. The second-order valence-electron chi connectivity index (χ2n) is 4.54. The first-order chi connectivity index (χ1) is 7.70. The molecule has 1 aliphatic rings. The minimum absolute atomic E-state index is 0.642. The van der Waals surface area contributed by atoms with Crippen LogP contribution in [0.2, 0.25) is 0 Å². The molecule has 0 spiro atoms. The van der Waals surface area contributed by atoms with Gasteiger partial charge in [-0.2, -0.15) is 0 Å². The SMILES string of the molecule is CCN1CC[C@H](N(C)c2ccc(N)cc2)C1. The molecule has 0 aliphatic carbocycles. The van der Waals surface area contributed by atoms with Gasteiger partial charge in [0.2, 0.25) is 0 Å². The molecular weight excluding hydrogens is 198 g/mol. The number of hydrogen-bond acceptors (Lipinski definition) is 3. The topological polar surface area (TPSA) is 32.5 Å². The number of rotatable bonds is 3. The maximum atomic E-state index is 5.70. The van der Waals surface area contributed by atoms with Crippen LogP contribution in [0.25, 0.3) is 0 Å². The fraction of sp³-hybridized carbons (Fsp3) is 0.538. The van der Waals surface area contributed by atoms with Crippen molar-refractivity contribution in [1.29, 1.82) is 0 Å². The first-order valence-electron chi connectivity index (χ1n) is 6.01. The quantitative estimate of drug-likeness (QED) is 0.787. The zero-order valence-corrected chi connectivity index (χ0v) is 10.2. The second-order valence-corrected chi connectivity index (χ2v) is 4.54. The molecule has 1 aromatic rings. The van der Waals surface area contributed by atoms with E-state index in [9.17, 15) is 0 Å². The summed E-state index contributed by atoms with van der Waals surface area (Å²) in [5.74, 6) is 0. The summed E-state index contributed by atoms with van der Waals surface area (Å²) in [5, 5.41) is 0. The van der Waals surface area contributed by atoms with E-state index in [0.29, 0.717) is 6.04 Å². The molecule has 3 heteroatoms. The van der Waals surface area contributed by atoms with Gasteiger partial charge < -0.3 is 15.5 Å². The number of nitrogens with two attached hydrogens (primary N) is 1. The first kappa shape index (κ1) is 11.3. The molecule has 0 amide bonds. The highest BCUT2D eigenvalue weighted by atomic mass is 15.2. The zero-order chi connectivity index (χ0) is 11.5. The molecule has 3 nitrogen and oxygen atoms in total. The van der Waals surface area contributed by atoms with E-state index >= 15 is 0 Å². The molecule has 0 radical (unpaired) electrons. The van der Waals surface area contributed by atoms with Crippen LogP contribution in [0.5, 0.6) is 0 Å². The van der Waals surface area contributed by atoms with Gasteiger partial charge in [0.05, 0.1) is 0 Å². The summed E-state index contributed by atoms with van der Waals surface area (Å²) in [7, 11) is 2.18. The maximum Gasteiger partial charge on any atom is 0.0426 e. The Labute approximate surface area is 97.8 Å². The van der Waals surface area contributed by atoms with Gasteiger partial charge in [-0.3, -0.25) is 0 Å². The lowest BCUT2D eigenvalue weighted by atomic mass is 10.2. The molecule has 1 fully saturated rings. The summed E-state index contributed by atoms with van der Waals surface area (Å²) in [6.07, 6.45) is 1.26. The van der Waals surface area contributed by atoms with Crippen LogP contribution in [0.15, 0.2) is 24.3 Å². The third-order valence-electron chi connectivity index (χ3n) is 3.54. The van der Waals surface area contributed by atoms with Crippen molar-refractivity contribution in [3.63, 3.8) is 0 Å². The van der Waals surface area contributed by atoms with Crippen molar-refractivity contribution in [2.75, 3.05) is 37.3 Å². The van der Waals surface area contributed by atoms with Gasteiger partial charge in [-0.1, -0.05) is 6.92 Å². The van der Waals surface area contributed by atoms with E-state index in [0.717, 1.165) is 12.2 Å². The lowest BCUT2D eigenvalue weighted by Gasteiger charge is -2.27. The number of anilines is 2. The number of nitrogen functional groups attached to an aromatic ring is 1. The van der Waals surface area contributed by atoms with Crippen molar-refractivity contribution in [2.24, 2.45) is 0 Å². The van der Waals surface area contributed by atoms with Crippen molar-refractivity contribution in [2.45, 2.75) is 19.4 Å². The summed E-state index contributed by atoms with van der Waals surface area (Å²) in [5.41, 5.74) is 7.79. The van der Waals surface area contributed by atoms with Crippen LogP contribution in [0.1, 0.15) is 13.3 Å². The zero-order valence-electron chi connectivity index (χ0n) is 10.2. The van der Waals surface area contributed by atoms with E-state index in [1.807, 2.05) is 12.1 Å². The number of nitrogens with zero attached hydrogens (tertiary/aromatic N) is 2. The Kier molecular flexibility index (Phi) is 3.34. The molecule has 0 unspecified atom stereocenters. The lowest BCUT2D eigenvalue weighted by Crippen LogP contribution is -2.34. The largest absolute Gasteiger partial charge is 0.399 e. The maximum absolute atomic E-state index is 5.70. The summed E-state index contributed by atoms with van der Waals surface area (Å²) < 4.78 is 0. The van der Waals surface area contributed by atoms with Crippen LogP contribution in [-0.2, 0) is 0 Å². The van der Waals surface area contributed by atoms with E-state index in [2.05, 4.69) is 35.9 Å². The molecule has 0 bridgehead atoms. The van der Waals surface area contributed by atoms with Crippen molar-refractivity contribution in [3.8, 4) is 0 Å². The minimum atomic E-state index is 0.642. The van der Waals surface area contributed by atoms with E-state index in [1.165, 1.54) is 25.2 Å². The predicted octanol–water partition coefficient (Wildman–Crippen LogP) is 1.80. The highest BCUT2D eigenvalue weighted by molar-refractivity contribution is 5.53. The Morgan fingerprint density at radius 3 is 2.62 bits per heavy atom. The summed E-state index contributed by atoms with van der Waals surface area (Å²) >= 11 is 0. The molecule has 1 heterocycles. The third-order valence-corrected chi connectivity index (χ3v) is 3.54. The Bertz CT molecular complexity index is 334. The summed E-state index contributed by atoms with van der Waals surface area (Å²) in [6.45, 7) is 5.79. The number of likely N-dealkylation sites (tertiary alicyclic amines) is 1. The van der Waals surface area contributed by atoms with Crippen molar-refractivity contribution in [3.05, 3.63) is 24.3 Å². The molecule has 2 N–H and O–H groups in total. The van der Waals surface area contributed by atoms with Gasteiger partial charge in [-0.25, -0.2) is 0 Å². The smallest absolute Gasteiger partial charge is 0.0426 e. The second kappa shape index (κ2) is 4.74. The Morgan fingerprint density at radius 1 is 1.38 bits per heavy atom. The van der Waals surface area contributed by atoms with Crippen molar-refractivity contribution in [1.82, 2.24) is 4.90 Å². The fourth-order valence-corrected chi connectivity index (χ4v) is 2.34. The number of hydrogen-bond donors (Lipinski definition) is 1.